The van der Waals surface area contributed by atoms with Crippen LogP contribution in [0.25, 0.3) is 0 Å². The number of carbonyl (C=O) groups is 5. The minimum atomic E-state index is -1.54. The molecule has 0 amide bonds. The van der Waals surface area contributed by atoms with Crippen LogP contribution in [0.15, 0.2) is 22.9 Å². The molecule has 0 aliphatic heterocycles. The Morgan fingerprint density at radius 2 is 1.45 bits per heavy atom. The third kappa shape index (κ3) is 4.58. The Kier molecular flexibility index (Phi) is 8.27. The number of rotatable bonds is 11. The van der Waals surface area contributed by atoms with Gasteiger partial charge < -0.3 is 35.7 Å². The van der Waals surface area contributed by atoms with Crippen molar-refractivity contribution in [2.75, 3.05) is 0 Å². The molecular formula is C30H40O12. The summed E-state index contributed by atoms with van der Waals surface area (Å²) in [6.45, 7) is 3.43. The molecule has 4 aliphatic carbocycles. The highest BCUT2D eigenvalue weighted by atomic mass is 16.4. The molecule has 0 radical (unpaired) electrons. The van der Waals surface area contributed by atoms with E-state index in [0.717, 1.165) is 0 Å². The maximum absolute atomic E-state index is 14.1. The Labute approximate surface area is 242 Å². The van der Waals surface area contributed by atoms with Gasteiger partial charge in [-0.2, -0.15) is 0 Å². The van der Waals surface area contributed by atoms with E-state index in [-0.39, 0.29) is 75.1 Å². The fourth-order valence-corrected chi connectivity index (χ4v) is 9.54. The van der Waals surface area contributed by atoms with E-state index in [9.17, 15) is 54.6 Å². The molecule has 0 bridgehead atoms. The van der Waals surface area contributed by atoms with Gasteiger partial charge in [-0.05, 0) is 81.0 Å². The third-order valence-electron chi connectivity index (χ3n) is 11.4. The van der Waals surface area contributed by atoms with Crippen molar-refractivity contribution in [2.24, 2.45) is 39.9 Å². The first-order chi connectivity index (χ1) is 19.5. The van der Waals surface area contributed by atoms with E-state index in [4.69, 9.17) is 5.11 Å². The highest BCUT2D eigenvalue weighted by Crippen LogP contribution is 2.74. The molecule has 0 aromatic heterocycles. The average molecular weight is 593 g/mol. The van der Waals surface area contributed by atoms with Gasteiger partial charge in [-0.1, -0.05) is 6.92 Å². The quantitative estimate of drug-likeness (QED) is 0.182. The average Bonchev–Trinajstić information content (AvgIpc) is 3.22. The number of carboxylic acid groups (broad SMARTS) is 3. The molecule has 12 heteroatoms. The molecule has 7 N–H and O–H groups in total. The minimum absolute atomic E-state index is 0.00555. The highest BCUT2D eigenvalue weighted by Gasteiger charge is 2.71. The summed E-state index contributed by atoms with van der Waals surface area (Å²) in [4.78, 5) is 61.2. The van der Waals surface area contributed by atoms with Crippen LogP contribution in [0.1, 0.15) is 84.5 Å². The van der Waals surface area contributed by atoms with Gasteiger partial charge in [0.2, 0.25) is 5.76 Å². The van der Waals surface area contributed by atoms with Crippen molar-refractivity contribution in [1.29, 1.82) is 0 Å². The number of fused-ring (bicyclic) bond motifs is 5. The second-order valence-corrected chi connectivity index (χ2v) is 13.0. The van der Waals surface area contributed by atoms with Crippen LogP contribution >= 0.6 is 0 Å². The summed E-state index contributed by atoms with van der Waals surface area (Å²) >= 11 is 0. The van der Waals surface area contributed by atoms with E-state index in [1.807, 2.05) is 6.92 Å². The van der Waals surface area contributed by atoms with Crippen LogP contribution in [0.4, 0.5) is 0 Å². The molecule has 232 valence electrons. The minimum Gasteiger partial charge on any atom is -0.507 e. The van der Waals surface area contributed by atoms with E-state index in [1.54, 1.807) is 0 Å². The Bertz CT molecular complexity index is 1260. The summed E-state index contributed by atoms with van der Waals surface area (Å²) in [7, 11) is 0. The number of ketones is 2. The van der Waals surface area contributed by atoms with Crippen LogP contribution in [0.3, 0.4) is 0 Å². The summed E-state index contributed by atoms with van der Waals surface area (Å²) in [5.74, 6) is -8.95. The molecule has 4 rings (SSSR count). The van der Waals surface area contributed by atoms with Crippen molar-refractivity contribution in [1.82, 2.24) is 0 Å². The fraction of sp³-hybridized carbons (Fsp3) is 0.700. The van der Waals surface area contributed by atoms with Crippen LogP contribution < -0.4 is 0 Å². The van der Waals surface area contributed by atoms with Gasteiger partial charge in [-0.25, -0.2) is 0 Å². The topological polar surface area (TPSA) is 227 Å². The van der Waals surface area contributed by atoms with Gasteiger partial charge in [-0.15, -0.1) is 0 Å². The molecule has 0 saturated heterocycles. The predicted octanol–water partition coefficient (Wildman–Crippen LogP) is 3.69. The van der Waals surface area contributed by atoms with Crippen molar-refractivity contribution in [2.45, 2.75) is 90.6 Å². The normalized spacial score (nSPS) is 37.6. The van der Waals surface area contributed by atoms with Gasteiger partial charge in [0.15, 0.2) is 5.76 Å². The molecule has 4 aliphatic rings. The summed E-state index contributed by atoms with van der Waals surface area (Å²) in [5, 5.41) is 71.9. The van der Waals surface area contributed by atoms with E-state index < -0.39 is 81.1 Å². The molecule has 3 saturated carbocycles. The van der Waals surface area contributed by atoms with Crippen molar-refractivity contribution in [3.05, 3.63) is 22.9 Å². The van der Waals surface area contributed by atoms with E-state index >= 15 is 0 Å². The summed E-state index contributed by atoms with van der Waals surface area (Å²) in [6, 6.07) is 0. The Hall–Kier alpha value is -3.41. The number of aliphatic carboxylic acids is 3. The Morgan fingerprint density at radius 1 is 0.833 bits per heavy atom. The van der Waals surface area contributed by atoms with Crippen molar-refractivity contribution in [3.63, 3.8) is 0 Å². The van der Waals surface area contributed by atoms with Crippen molar-refractivity contribution < 1.29 is 59.7 Å². The summed E-state index contributed by atoms with van der Waals surface area (Å²) in [6.07, 6.45) is -0.986. The first-order valence-electron chi connectivity index (χ1n) is 14.5. The van der Waals surface area contributed by atoms with Gasteiger partial charge in [0, 0.05) is 36.7 Å². The Morgan fingerprint density at radius 3 is 2.05 bits per heavy atom. The maximum atomic E-state index is 14.1. The van der Waals surface area contributed by atoms with Gasteiger partial charge in [-0.3, -0.25) is 24.0 Å². The molecule has 0 aromatic carbocycles. The van der Waals surface area contributed by atoms with Crippen molar-refractivity contribution in [3.8, 4) is 0 Å². The van der Waals surface area contributed by atoms with Gasteiger partial charge in [0.05, 0.1) is 11.5 Å². The lowest BCUT2D eigenvalue weighted by Gasteiger charge is -2.63. The molecule has 3 fully saturated rings. The SMILES string of the molecule is C[C@]12C(O)=C(O)C(=O)C(O)=C1C(O)C[C@@H]1[C@@H]2CC(CCC(=O)O)[C@@]2(C)[C@H]1CC[C@]2(CCC(=O)O)C(=O)CCCC(=O)O. The smallest absolute Gasteiger partial charge is 0.303 e. The number of aliphatic hydroxyl groups excluding tert-OH is 4. The number of carboxylic acids is 3. The van der Waals surface area contributed by atoms with E-state index in [2.05, 4.69) is 0 Å². The molecule has 2 unspecified atom stereocenters. The number of hydrogen-bond acceptors (Lipinski definition) is 9. The molecule has 8 atom stereocenters. The van der Waals surface area contributed by atoms with Crippen LogP contribution in [-0.4, -0.2) is 71.3 Å². The maximum Gasteiger partial charge on any atom is 0.303 e. The third-order valence-corrected chi connectivity index (χ3v) is 11.4. The molecule has 42 heavy (non-hydrogen) atoms. The molecule has 0 aromatic rings. The second kappa shape index (κ2) is 11.0. The predicted molar refractivity (Wildman–Crippen MR) is 144 cm³/mol. The van der Waals surface area contributed by atoms with Crippen LogP contribution in [0.2, 0.25) is 0 Å². The van der Waals surface area contributed by atoms with Gasteiger partial charge in [0.25, 0.3) is 5.78 Å². The van der Waals surface area contributed by atoms with Gasteiger partial charge in [0.1, 0.15) is 11.5 Å². The lowest BCUT2D eigenvalue weighted by atomic mass is 9.41. The Balaban J connectivity index is 1.86. The second-order valence-electron chi connectivity index (χ2n) is 13.0. The van der Waals surface area contributed by atoms with Crippen LogP contribution in [-0.2, 0) is 24.0 Å². The standard InChI is InChI=1S/C30H40O12/c1-28-17-12-14(6-7-21(35)36)29(2)16(15(17)13-18(31)23(28)24(39)25(40)26(41)27(28)42)8-10-30(29,11-9-22(37)38)19(32)4-3-5-20(33)34/h14-18,31,39,41-42H,3-13H2,1-2H3,(H,33,34)(H,35,36)(H,37,38)/t14?,15-,16-,17-,18?,28+,29-,30-/m0/s1. The zero-order valence-electron chi connectivity index (χ0n) is 23.8. The lowest BCUT2D eigenvalue weighted by Crippen LogP contribution is -2.60. The molecular weight excluding hydrogens is 552 g/mol. The number of allylic oxidation sites excluding steroid dienone is 1. The monoisotopic (exact) mass is 592 g/mol. The first kappa shape index (κ1) is 31.5. The number of aliphatic hydroxyl groups is 4. The summed E-state index contributed by atoms with van der Waals surface area (Å²) in [5.41, 5.74) is -3.74. The molecule has 12 nitrogen and oxygen atoms in total. The van der Waals surface area contributed by atoms with Crippen LogP contribution in [0, 0.1) is 39.9 Å². The zero-order valence-corrected chi connectivity index (χ0v) is 23.8. The van der Waals surface area contributed by atoms with Gasteiger partial charge >= 0.3 is 17.9 Å². The largest absolute Gasteiger partial charge is 0.507 e. The fourth-order valence-electron chi connectivity index (χ4n) is 9.54. The number of Topliss-reactive ketones (excluding diaryl/α,β-unsaturated/α-hetero) is 2. The molecule has 0 spiro atoms. The first-order valence-corrected chi connectivity index (χ1v) is 14.5. The number of hydrogen-bond donors (Lipinski definition) is 7. The van der Waals surface area contributed by atoms with E-state index in [0.29, 0.717) is 12.8 Å². The highest BCUT2D eigenvalue weighted by molar-refractivity contribution is 6.07. The zero-order chi connectivity index (χ0) is 31.4. The summed E-state index contributed by atoms with van der Waals surface area (Å²) < 4.78 is 0. The van der Waals surface area contributed by atoms with E-state index in [1.165, 1.54) is 6.92 Å². The molecule has 0 heterocycles. The number of carbonyl (C=O) groups excluding carboxylic acids is 2. The van der Waals surface area contributed by atoms with Crippen molar-refractivity contribution >= 4 is 29.5 Å². The van der Waals surface area contributed by atoms with Crippen LogP contribution in [0.5, 0.6) is 0 Å². The lowest BCUT2D eigenvalue weighted by molar-refractivity contribution is -0.163.